The Bertz CT molecular complexity index is 1610. The molecule has 5 rings (SSSR count). The highest BCUT2D eigenvalue weighted by Gasteiger charge is 2.17. The number of benzene rings is 2. The number of rotatable bonds is 4. The maximum Gasteiger partial charge on any atom is 0.263 e. The summed E-state index contributed by atoms with van der Waals surface area (Å²) in [6.45, 7) is 5.84. The number of aromatic amines is 1. The van der Waals surface area contributed by atoms with E-state index in [2.05, 4.69) is 41.4 Å². The summed E-state index contributed by atoms with van der Waals surface area (Å²) in [5.74, 6) is 0.240. The van der Waals surface area contributed by atoms with Crippen molar-refractivity contribution in [2.75, 3.05) is 5.32 Å². The number of carbonyl (C=O) groups is 1. The van der Waals surface area contributed by atoms with Gasteiger partial charge < -0.3 is 5.32 Å². The van der Waals surface area contributed by atoms with Crippen LogP contribution in [0, 0.1) is 20.8 Å². The van der Waals surface area contributed by atoms with E-state index in [9.17, 15) is 9.59 Å². The third kappa shape index (κ3) is 3.92. The van der Waals surface area contributed by atoms with Gasteiger partial charge in [0.1, 0.15) is 11.2 Å². The number of aromatic nitrogens is 6. The van der Waals surface area contributed by atoms with Gasteiger partial charge in [0.15, 0.2) is 5.65 Å². The van der Waals surface area contributed by atoms with Gasteiger partial charge >= 0.3 is 0 Å². The number of nitrogens with zero attached hydrogens (tertiary/aromatic N) is 5. The quantitative estimate of drug-likeness (QED) is 0.370. The van der Waals surface area contributed by atoms with Crippen LogP contribution >= 0.6 is 15.9 Å². The van der Waals surface area contributed by atoms with Crippen molar-refractivity contribution in [2.45, 2.75) is 20.8 Å². The molecular weight excluding hydrogens is 498 g/mol. The van der Waals surface area contributed by atoms with Gasteiger partial charge in [0.05, 0.1) is 17.6 Å². The number of amides is 1. The number of H-pyrrole nitrogens is 1. The summed E-state index contributed by atoms with van der Waals surface area (Å²) in [6, 6.07) is 14.6. The first-order chi connectivity index (χ1) is 16.3. The Labute approximate surface area is 202 Å². The molecule has 2 N–H and O–H groups in total. The zero-order chi connectivity index (χ0) is 24.0. The van der Waals surface area contributed by atoms with Gasteiger partial charge in [0.25, 0.3) is 11.5 Å². The minimum atomic E-state index is -0.353. The molecule has 0 saturated heterocycles. The van der Waals surface area contributed by atoms with E-state index in [1.165, 1.54) is 10.9 Å². The molecule has 9 nitrogen and oxygen atoms in total. The molecule has 0 spiro atoms. The van der Waals surface area contributed by atoms with E-state index in [1.54, 1.807) is 41.9 Å². The minimum absolute atomic E-state index is 0.169. The highest BCUT2D eigenvalue weighted by atomic mass is 79.9. The smallest absolute Gasteiger partial charge is 0.263 e. The normalized spacial score (nSPS) is 11.2. The largest absolute Gasteiger partial charge is 0.306 e. The molecule has 0 aliphatic carbocycles. The van der Waals surface area contributed by atoms with E-state index in [1.807, 2.05) is 32.0 Å². The predicted octanol–water partition coefficient (Wildman–Crippen LogP) is 4.23. The van der Waals surface area contributed by atoms with Crippen LogP contribution in [-0.2, 0) is 0 Å². The van der Waals surface area contributed by atoms with Crippen LogP contribution in [0.25, 0.3) is 22.7 Å². The predicted molar refractivity (Wildman–Crippen MR) is 133 cm³/mol. The van der Waals surface area contributed by atoms with Crippen molar-refractivity contribution in [3.8, 4) is 11.6 Å². The Balaban J connectivity index is 1.58. The number of fused-ring (bicyclic) bond motifs is 1. The van der Waals surface area contributed by atoms with Gasteiger partial charge in [-0.2, -0.15) is 19.9 Å². The van der Waals surface area contributed by atoms with Crippen molar-refractivity contribution in [1.82, 2.24) is 29.5 Å². The van der Waals surface area contributed by atoms with Gasteiger partial charge in [-0.3, -0.25) is 14.6 Å². The molecular formula is C24H20BrN7O2. The molecule has 3 aromatic heterocycles. The number of carbonyl (C=O) groups excluding carboxylic acids is 1. The number of halogens is 1. The van der Waals surface area contributed by atoms with Crippen LogP contribution in [0.5, 0.6) is 0 Å². The first-order valence-corrected chi connectivity index (χ1v) is 11.3. The summed E-state index contributed by atoms with van der Waals surface area (Å²) in [4.78, 5) is 33.0. The maximum absolute atomic E-state index is 12.9. The lowest BCUT2D eigenvalue weighted by Crippen LogP contribution is -2.19. The highest BCUT2D eigenvalue weighted by Crippen LogP contribution is 2.20. The molecule has 1 amide bonds. The molecule has 170 valence electrons. The molecule has 34 heavy (non-hydrogen) atoms. The molecule has 0 unspecified atom stereocenters. The highest BCUT2D eigenvalue weighted by molar-refractivity contribution is 9.10. The lowest BCUT2D eigenvalue weighted by atomic mass is 10.1. The van der Waals surface area contributed by atoms with Crippen LogP contribution in [0.1, 0.15) is 27.2 Å². The average Bonchev–Trinajstić information content (AvgIpc) is 3.39. The second-order valence-electron chi connectivity index (χ2n) is 8.00. The Hall–Kier alpha value is -4.05. The fourth-order valence-corrected chi connectivity index (χ4v) is 3.86. The van der Waals surface area contributed by atoms with Gasteiger partial charge in [0.2, 0.25) is 5.95 Å². The van der Waals surface area contributed by atoms with Gasteiger partial charge in [-0.1, -0.05) is 22.0 Å². The standard InChI is InChI=1S/C24H20BrN7O2/c1-13-4-9-18(10-14(13)2)31-21-19(12-26-31)23(34)29-24(28-21)32-20(11-15(3)30-32)27-22(33)16-5-7-17(25)8-6-16/h4-12H,1-3H3,(H,27,33)(H,28,29,34). The first kappa shape index (κ1) is 21.8. The van der Waals surface area contributed by atoms with E-state index < -0.39 is 0 Å². The second-order valence-corrected chi connectivity index (χ2v) is 8.91. The molecule has 10 heteroatoms. The Kier molecular flexibility index (Phi) is 5.37. The molecule has 3 heterocycles. The molecule has 0 aliphatic heterocycles. The molecule has 2 aromatic carbocycles. The van der Waals surface area contributed by atoms with E-state index in [0.717, 1.165) is 21.3 Å². The van der Waals surface area contributed by atoms with Crippen LogP contribution in [-0.4, -0.2) is 35.4 Å². The molecule has 0 fully saturated rings. The summed E-state index contributed by atoms with van der Waals surface area (Å²) in [6.07, 6.45) is 1.49. The van der Waals surface area contributed by atoms with Crippen LogP contribution in [0.2, 0.25) is 0 Å². The van der Waals surface area contributed by atoms with Crippen LogP contribution < -0.4 is 10.9 Å². The SMILES string of the molecule is Cc1cc(NC(=O)c2ccc(Br)cc2)n(-c2nc3c(cnn3-c3ccc(C)c(C)c3)c(=O)[nH]2)n1. The first-order valence-electron chi connectivity index (χ1n) is 10.5. The zero-order valence-electron chi connectivity index (χ0n) is 18.6. The second kappa shape index (κ2) is 8.38. The zero-order valence-corrected chi connectivity index (χ0v) is 20.2. The molecule has 0 bridgehead atoms. The monoisotopic (exact) mass is 517 g/mol. The summed E-state index contributed by atoms with van der Waals surface area (Å²) < 4.78 is 3.90. The van der Waals surface area contributed by atoms with Crippen molar-refractivity contribution >= 4 is 38.7 Å². The van der Waals surface area contributed by atoms with Crippen LogP contribution in [0.4, 0.5) is 5.82 Å². The van der Waals surface area contributed by atoms with Crippen LogP contribution in [0.3, 0.4) is 0 Å². The molecule has 5 aromatic rings. The summed E-state index contributed by atoms with van der Waals surface area (Å²) in [7, 11) is 0. The maximum atomic E-state index is 12.9. The summed E-state index contributed by atoms with van der Waals surface area (Å²) in [5.41, 5.74) is 4.22. The van der Waals surface area contributed by atoms with Gasteiger partial charge in [-0.25, -0.2) is 4.68 Å². The fraction of sp³-hybridized carbons (Fsp3) is 0.125. The molecule has 0 atom stereocenters. The summed E-state index contributed by atoms with van der Waals surface area (Å²) in [5, 5.41) is 12.0. The third-order valence-corrected chi connectivity index (χ3v) is 6.07. The van der Waals surface area contributed by atoms with Crippen LogP contribution in [0.15, 0.2) is 64.0 Å². The fourth-order valence-electron chi connectivity index (χ4n) is 3.59. The lowest BCUT2D eigenvalue weighted by molar-refractivity contribution is 0.102. The van der Waals surface area contributed by atoms with E-state index in [-0.39, 0.29) is 17.4 Å². The van der Waals surface area contributed by atoms with Crippen molar-refractivity contribution in [3.05, 3.63) is 91.9 Å². The number of hydrogen-bond acceptors (Lipinski definition) is 5. The lowest BCUT2D eigenvalue weighted by Gasteiger charge is -2.09. The minimum Gasteiger partial charge on any atom is -0.306 e. The van der Waals surface area contributed by atoms with E-state index in [0.29, 0.717) is 28.1 Å². The summed E-state index contributed by atoms with van der Waals surface area (Å²) >= 11 is 3.37. The molecule has 0 saturated carbocycles. The van der Waals surface area contributed by atoms with E-state index >= 15 is 0 Å². The van der Waals surface area contributed by atoms with Gasteiger partial charge in [-0.15, -0.1) is 0 Å². The molecule has 0 aliphatic rings. The Morgan fingerprint density at radius 3 is 2.50 bits per heavy atom. The number of anilines is 1. The average molecular weight is 518 g/mol. The number of aryl methyl sites for hydroxylation is 3. The van der Waals surface area contributed by atoms with E-state index in [4.69, 9.17) is 0 Å². The van der Waals surface area contributed by atoms with Gasteiger partial charge in [0, 0.05) is 16.1 Å². The van der Waals surface area contributed by atoms with Crippen molar-refractivity contribution in [1.29, 1.82) is 0 Å². The van der Waals surface area contributed by atoms with Crippen molar-refractivity contribution in [3.63, 3.8) is 0 Å². The molecule has 0 radical (unpaired) electrons. The third-order valence-electron chi connectivity index (χ3n) is 5.54. The number of hydrogen-bond donors (Lipinski definition) is 2. The Morgan fingerprint density at radius 2 is 1.76 bits per heavy atom. The topological polar surface area (TPSA) is 110 Å². The van der Waals surface area contributed by atoms with Crippen molar-refractivity contribution < 1.29 is 4.79 Å². The Morgan fingerprint density at radius 1 is 1.00 bits per heavy atom. The number of nitrogens with one attached hydrogen (secondary N) is 2. The van der Waals surface area contributed by atoms with Crippen molar-refractivity contribution in [2.24, 2.45) is 0 Å². The van der Waals surface area contributed by atoms with Gasteiger partial charge in [-0.05, 0) is 68.3 Å².